The van der Waals surface area contributed by atoms with Crippen LogP contribution in [0.1, 0.15) is 38.7 Å². The number of nitrogens with two attached hydrogens (primary N) is 2. The lowest BCUT2D eigenvalue weighted by atomic mass is 10.0. The maximum atomic E-state index is 12.8. The number of benzene rings is 1. The number of rotatable bonds is 15. The number of carboxylic acid groups (broad SMARTS) is 1. The summed E-state index contributed by atoms with van der Waals surface area (Å²) in [5, 5.41) is 35.6. The molecule has 0 aliphatic carbocycles. The lowest BCUT2D eigenvalue weighted by Gasteiger charge is -2.25. The third-order valence-electron chi connectivity index (χ3n) is 5.35. The lowest BCUT2D eigenvalue weighted by molar-refractivity contribution is -0.143. The van der Waals surface area contributed by atoms with Crippen LogP contribution in [0.2, 0.25) is 0 Å². The molecule has 1 aromatic rings. The molecule has 0 saturated heterocycles. The Morgan fingerprint density at radius 1 is 0.914 bits per heavy atom. The maximum Gasteiger partial charge on any atom is 0.326 e. The van der Waals surface area contributed by atoms with E-state index >= 15 is 0 Å². The van der Waals surface area contributed by atoms with Gasteiger partial charge in [0.15, 0.2) is 0 Å². The fraction of sp³-hybridized carbons (Fsp3) is 0.565. The summed E-state index contributed by atoms with van der Waals surface area (Å²) in [4.78, 5) is 49.4. The molecule has 0 aromatic heterocycles. The summed E-state index contributed by atoms with van der Waals surface area (Å²) in [7, 11) is 0. The highest BCUT2D eigenvalue weighted by atomic mass is 16.4. The molecular formula is C23H37N5O7. The van der Waals surface area contributed by atoms with Crippen LogP contribution in [0.15, 0.2) is 24.3 Å². The molecular weight excluding hydrogens is 458 g/mol. The molecule has 10 N–H and O–H groups in total. The number of aliphatic carboxylic acids is 1. The molecule has 12 nitrogen and oxygen atoms in total. The van der Waals surface area contributed by atoms with Crippen molar-refractivity contribution >= 4 is 23.7 Å². The van der Waals surface area contributed by atoms with Gasteiger partial charge in [0.2, 0.25) is 17.7 Å². The zero-order valence-corrected chi connectivity index (χ0v) is 20.1. The second-order valence-electron chi connectivity index (χ2n) is 8.63. The maximum absolute atomic E-state index is 12.8. The van der Waals surface area contributed by atoms with E-state index in [1.807, 2.05) is 0 Å². The summed E-state index contributed by atoms with van der Waals surface area (Å²) in [6.07, 6.45) is 1.38. The van der Waals surface area contributed by atoms with Crippen molar-refractivity contribution in [3.63, 3.8) is 0 Å². The van der Waals surface area contributed by atoms with Crippen LogP contribution in [0.5, 0.6) is 5.75 Å². The number of aliphatic hydroxyl groups is 1. The molecule has 4 unspecified atom stereocenters. The van der Waals surface area contributed by atoms with E-state index in [9.17, 15) is 34.5 Å². The molecule has 35 heavy (non-hydrogen) atoms. The third kappa shape index (κ3) is 10.3. The van der Waals surface area contributed by atoms with Crippen molar-refractivity contribution in [1.29, 1.82) is 0 Å². The molecule has 0 aliphatic rings. The second-order valence-corrected chi connectivity index (χ2v) is 8.63. The number of hydrogen-bond donors (Lipinski definition) is 8. The van der Waals surface area contributed by atoms with Crippen LogP contribution in [0.3, 0.4) is 0 Å². The smallest absolute Gasteiger partial charge is 0.326 e. The highest BCUT2D eigenvalue weighted by molar-refractivity contribution is 5.94. The molecule has 0 radical (unpaired) electrons. The van der Waals surface area contributed by atoms with Gasteiger partial charge in [0, 0.05) is 0 Å². The molecule has 0 heterocycles. The summed E-state index contributed by atoms with van der Waals surface area (Å²) in [5.41, 5.74) is 12.1. The number of amides is 3. The van der Waals surface area contributed by atoms with E-state index in [1.165, 1.54) is 12.1 Å². The number of hydrogen-bond acceptors (Lipinski definition) is 8. The van der Waals surface area contributed by atoms with Gasteiger partial charge in [0.25, 0.3) is 0 Å². The Balaban J connectivity index is 2.83. The Morgan fingerprint density at radius 3 is 2.00 bits per heavy atom. The fourth-order valence-electron chi connectivity index (χ4n) is 3.25. The van der Waals surface area contributed by atoms with Crippen molar-refractivity contribution in [2.45, 2.75) is 63.7 Å². The van der Waals surface area contributed by atoms with Crippen molar-refractivity contribution in [1.82, 2.24) is 16.0 Å². The van der Waals surface area contributed by atoms with Crippen molar-refractivity contribution in [2.24, 2.45) is 17.4 Å². The normalized spacial score (nSPS) is 14.5. The molecule has 0 saturated carbocycles. The zero-order valence-electron chi connectivity index (χ0n) is 20.1. The number of aliphatic hydroxyl groups excluding tert-OH is 1. The van der Waals surface area contributed by atoms with Gasteiger partial charge in [0.05, 0.1) is 12.6 Å². The minimum Gasteiger partial charge on any atom is -0.508 e. The van der Waals surface area contributed by atoms with Crippen LogP contribution in [-0.2, 0) is 25.6 Å². The molecule has 1 aromatic carbocycles. The first kappa shape index (κ1) is 29.8. The topological polar surface area (TPSA) is 217 Å². The lowest BCUT2D eigenvalue weighted by Crippen LogP contribution is -2.58. The molecule has 4 atom stereocenters. The standard InChI is InChI=1S/C23H37N5O7/c1-13(2)19(23(34)35)28-21(32)17(5-3-4-10-24)26-22(33)18(12-29)27-20(31)16(25)11-14-6-8-15(30)9-7-14/h6-9,13,16-19,29-30H,3-5,10-12,24-25H2,1-2H3,(H,26,33)(H,27,31)(H,28,32)(H,34,35). The highest BCUT2D eigenvalue weighted by Crippen LogP contribution is 2.11. The summed E-state index contributed by atoms with van der Waals surface area (Å²) < 4.78 is 0. The van der Waals surface area contributed by atoms with Crippen molar-refractivity contribution < 1.29 is 34.5 Å². The third-order valence-corrected chi connectivity index (χ3v) is 5.35. The van der Waals surface area contributed by atoms with E-state index in [1.54, 1.807) is 26.0 Å². The van der Waals surface area contributed by atoms with Gasteiger partial charge in [-0.1, -0.05) is 26.0 Å². The molecule has 3 amide bonds. The summed E-state index contributed by atoms with van der Waals surface area (Å²) in [6.45, 7) is 2.91. The van der Waals surface area contributed by atoms with Gasteiger partial charge in [-0.05, 0) is 55.8 Å². The first-order valence-corrected chi connectivity index (χ1v) is 11.5. The second kappa shape index (κ2) is 14.9. The van der Waals surface area contributed by atoms with Gasteiger partial charge in [-0.15, -0.1) is 0 Å². The molecule has 0 bridgehead atoms. The minimum atomic E-state index is -1.38. The number of carbonyl (C=O) groups excluding carboxylic acids is 3. The van der Waals surface area contributed by atoms with E-state index in [-0.39, 0.29) is 18.6 Å². The average Bonchev–Trinajstić information content (AvgIpc) is 2.80. The first-order chi connectivity index (χ1) is 16.5. The van der Waals surface area contributed by atoms with E-state index in [0.29, 0.717) is 24.9 Å². The van der Waals surface area contributed by atoms with Crippen LogP contribution >= 0.6 is 0 Å². The van der Waals surface area contributed by atoms with Gasteiger partial charge in [-0.25, -0.2) is 4.79 Å². The van der Waals surface area contributed by atoms with E-state index < -0.39 is 60.4 Å². The van der Waals surface area contributed by atoms with Crippen LogP contribution in [0, 0.1) is 5.92 Å². The van der Waals surface area contributed by atoms with Gasteiger partial charge in [0.1, 0.15) is 23.9 Å². The summed E-state index contributed by atoms with van der Waals surface area (Å²) >= 11 is 0. The highest BCUT2D eigenvalue weighted by Gasteiger charge is 2.31. The predicted octanol–water partition coefficient (Wildman–Crippen LogP) is -1.42. The van der Waals surface area contributed by atoms with Crippen molar-refractivity contribution in [2.75, 3.05) is 13.2 Å². The van der Waals surface area contributed by atoms with Gasteiger partial charge in [-0.2, -0.15) is 0 Å². The number of carboxylic acids is 1. The van der Waals surface area contributed by atoms with E-state index in [4.69, 9.17) is 11.5 Å². The summed E-state index contributed by atoms with van der Waals surface area (Å²) in [5.74, 6) is -3.73. The van der Waals surface area contributed by atoms with Crippen molar-refractivity contribution in [3.05, 3.63) is 29.8 Å². The molecule has 1 rings (SSSR count). The van der Waals surface area contributed by atoms with Crippen LogP contribution < -0.4 is 27.4 Å². The number of nitrogens with one attached hydrogen (secondary N) is 3. The summed E-state index contributed by atoms with van der Waals surface area (Å²) in [6, 6.07) is 1.46. The van der Waals surface area contributed by atoms with Gasteiger partial charge < -0.3 is 42.7 Å². The Morgan fingerprint density at radius 2 is 1.49 bits per heavy atom. The largest absolute Gasteiger partial charge is 0.508 e. The Labute approximate surface area is 204 Å². The number of aromatic hydroxyl groups is 1. The number of phenolic OH excluding ortho intramolecular Hbond substituents is 1. The quantitative estimate of drug-likeness (QED) is 0.134. The average molecular weight is 496 g/mol. The molecule has 0 aliphatic heterocycles. The number of unbranched alkanes of at least 4 members (excludes halogenated alkanes) is 1. The molecule has 0 spiro atoms. The SMILES string of the molecule is CC(C)C(NC(=O)C(CCCCN)NC(=O)C(CO)NC(=O)C(N)Cc1ccc(O)cc1)C(=O)O. The van der Waals surface area contributed by atoms with E-state index in [2.05, 4.69) is 16.0 Å². The Hall–Kier alpha value is -3.22. The van der Waals surface area contributed by atoms with Crippen LogP contribution in [-0.4, -0.2) is 76.3 Å². The van der Waals surface area contributed by atoms with Gasteiger partial charge >= 0.3 is 5.97 Å². The zero-order chi connectivity index (χ0) is 26.5. The monoisotopic (exact) mass is 495 g/mol. The molecule has 12 heteroatoms. The Kier molecular flexibility index (Phi) is 12.7. The number of phenols is 1. The first-order valence-electron chi connectivity index (χ1n) is 11.5. The minimum absolute atomic E-state index is 0.0666. The van der Waals surface area contributed by atoms with E-state index in [0.717, 1.165) is 0 Å². The predicted molar refractivity (Wildman–Crippen MR) is 128 cm³/mol. The molecule has 0 fully saturated rings. The molecule has 196 valence electrons. The number of carbonyl (C=O) groups is 4. The Bertz CT molecular complexity index is 847. The van der Waals surface area contributed by atoms with Crippen molar-refractivity contribution in [3.8, 4) is 5.75 Å². The van der Waals surface area contributed by atoms with Crippen LogP contribution in [0.4, 0.5) is 0 Å². The fourth-order valence-corrected chi connectivity index (χ4v) is 3.25. The van der Waals surface area contributed by atoms with Gasteiger partial charge in [-0.3, -0.25) is 14.4 Å². The van der Waals surface area contributed by atoms with Crippen LogP contribution in [0.25, 0.3) is 0 Å².